The molecule has 6 nitrogen and oxygen atoms in total. The van der Waals surface area contributed by atoms with E-state index >= 15 is 0 Å². The number of anilines is 1. The third-order valence-corrected chi connectivity index (χ3v) is 6.27. The Morgan fingerprint density at radius 2 is 1.62 bits per heavy atom. The lowest BCUT2D eigenvalue weighted by Gasteiger charge is -2.12. The topological polar surface area (TPSA) is 83.5 Å². The summed E-state index contributed by atoms with van der Waals surface area (Å²) in [7, 11) is -4.13. The number of fused-ring (bicyclic) bond motifs is 1. The van der Waals surface area contributed by atoms with Crippen LogP contribution in [0.4, 0.5) is 18.9 Å². The maximum Gasteiger partial charge on any atom is 0.416 e. The maximum atomic E-state index is 12.8. The fraction of sp³-hybridized carbons (Fsp3) is 0.0833. The molecule has 1 heterocycles. The van der Waals surface area contributed by atoms with Gasteiger partial charge in [-0.2, -0.15) is 18.3 Å². The van der Waals surface area contributed by atoms with Crippen LogP contribution in [0.15, 0.2) is 94.9 Å². The van der Waals surface area contributed by atoms with Gasteiger partial charge < -0.3 is 5.43 Å². The van der Waals surface area contributed by atoms with Gasteiger partial charge in [0.2, 0.25) is 0 Å². The zero-order chi connectivity index (χ0) is 24.2. The number of sulfonamides is 1. The predicted molar refractivity (Wildman–Crippen MR) is 125 cm³/mol. The first kappa shape index (κ1) is 23.2. The van der Waals surface area contributed by atoms with Crippen LogP contribution in [0.2, 0.25) is 0 Å². The van der Waals surface area contributed by atoms with Crippen LogP contribution in [0.3, 0.4) is 0 Å². The smallest absolute Gasteiger partial charge is 0.306 e. The highest BCUT2D eigenvalue weighted by Crippen LogP contribution is 2.30. The largest absolute Gasteiger partial charge is 0.416 e. The minimum atomic E-state index is -4.55. The van der Waals surface area contributed by atoms with Gasteiger partial charge >= 0.3 is 6.18 Å². The van der Waals surface area contributed by atoms with Crippen LogP contribution in [-0.4, -0.2) is 19.6 Å². The molecule has 4 rings (SSSR count). The number of hydrazone groups is 1. The highest BCUT2D eigenvalue weighted by atomic mass is 32.2. The van der Waals surface area contributed by atoms with Gasteiger partial charge in [0.25, 0.3) is 10.0 Å². The Bertz CT molecular complexity index is 1420. The number of hydrogen-bond donors (Lipinski definition) is 2. The molecule has 0 atom stereocenters. The second kappa shape index (κ2) is 9.52. The number of nitrogens with one attached hydrogen (secondary N) is 2. The summed E-state index contributed by atoms with van der Waals surface area (Å²) in [5.41, 5.74) is 4.13. The van der Waals surface area contributed by atoms with Crippen molar-refractivity contribution < 1.29 is 21.6 Å². The van der Waals surface area contributed by atoms with Crippen molar-refractivity contribution in [2.45, 2.75) is 17.6 Å². The van der Waals surface area contributed by atoms with Crippen LogP contribution in [0.5, 0.6) is 0 Å². The lowest BCUT2D eigenvalue weighted by molar-refractivity contribution is -0.137. The highest BCUT2D eigenvalue weighted by Gasteiger charge is 2.30. The Labute approximate surface area is 194 Å². The number of benzene rings is 3. The van der Waals surface area contributed by atoms with Gasteiger partial charge in [-0.1, -0.05) is 48.5 Å². The molecule has 3 aromatic carbocycles. The van der Waals surface area contributed by atoms with Gasteiger partial charge in [-0.3, -0.25) is 4.72 Å². The molecule has 0 radical (unpaired) electrons. The average Bonchev–Trinajstić information content (AvgIpc) is 2.82. The molecule has 0 aliphatic rings. The van der Waals surface area contributed by atoms with E-state index in [1.807, 2.05) is 30.3 Å². The molecule has 1 aromatic heterocycles. The lowest BCUT2D eigenvalue weighted by Crippen LogP contribution is -2.14. The monoisotopic (exact) mass is 484 g/mol. The first-order chi connectivity index (χ1) is 16.2. The molecule has 2 N–H and O–H groups in total. The molecule has 0 aliphatic carbocycles. The van der Waals surface area contributed by atoms with Crippen LogP contribution in [-0.2, 0) is 22.7 Å². The van der Waals surface area contributed by atoms with Crippen molar-refractivity contribution in [3.63, 3.8) is 0 Å². The number of rotatable bonds is 7. The molecule has 0 unspecified atom stereocenters. The highest BCUT2D eigenvalue weighted by molar-refractivity contribution is 7.92. The lowest BCUT2D eigenvalue weighted by atomic mass is 10.2. The quantitative estimate of drug-likeness (QED) is 0.280. The normalized spacial score (nSPS) is 12.2. The van der Waals surface area contributed by atoms with Crippen LogP contribution in [0.25, 0.3) is 10.9 Å². The Morgan fingerprint density at radius 3 is 2.32 bits per heavy atom. The molecule has 0 spiro atoms. The van der Waals surface area contributed by atoms with Crippen molar-refractivity contribution in [1.29, 1.82) is 0 Å². The number of para-hydroxylation sites is 1. The number of hydrogen-bond acceptors (Lipinski definition) is 5. The standard InChI is InChI=1S/C24H19F3N4O2S/c25-24(26,27)19-10-13-21(14-11-19)34(32,33)31-22-8-4-7-18-9-12-20(30-23(18)22)16-29-28-15-17-5-2-1-3-6-17/h1-14,16,28,31H,15H2/b29-16+. The van der Waals surface area contributed by atoms with E-state index in [1.54, 1.807) is 24.3 Å². The van der Waals surface area contributed by atoms with E-state index in [2.05, 4.69) is 20.2 Å². The first-order valence-corrected chi connectivity index (χ1v) is 11.6. The van der Waals surface area contributed by atoms with Gasteiger partial charge in [0.05, 0.1) is 40.1 Å². The molecule has 34 heavy (non-hydrogen) atoms. The molecule has 0 fully saturated rings. The summed E-state index contributed by atoms with van der Waals surface area (Å²) in [6.45, 7) is 0.531. The van der Waals surface area contributed by atoms with Crippen molar-refractivity contribution in [3.8, 4) is 0 Å². The van der Waals surface area contributed by atoms with Gasteiger partial charge in [0, 0.05) is 5.39 Å². The second-order valence-electron chi connectivity index (χ2n) is 7.32. The molecule has 0 amide bonds. The van der Waals surface area contributed by atoms with Gasteiger partial charge in [-0.25, -0.2) is 13.4 Å². The van der Waals surface area contributed by atoms with Crippen molar-refractivity contribution in [2.24, 2.45) is 5.10 Å². The van der Waals surface area contributed by atoms with E-state index < -0.39 is 21.8 Å². The Balaban J connectivity index is 1.54. The third-order valence-electron chi connectivity index (χ3n) is 4.89. The fourth-order valence-corrected chi connectivity index (χ4v) is 4.25. The Hall–Kier alpha value is -3.92. The summed E-state index contributed by atoms with van der Waals surface area (Å²) < 4.78 is 66.3. The molecular formula is C24H19F3N4O2S. The fourth-order valence-electron chi connectivity index (χ4n) is 3.19. The molecular weight excluding hydrogens is 465 g/mol. The number of alkyl halides is 3. The van der Waals surface area contributed by atoms with Crippen LogP contribution >= 0.6 is 0 Å². The summed E-state index contributed by atoms with van der Waals surface area (Å²) in [5.74, 6) is 0. The molecule has 0 saturated carbocycles. The molecule has 0 aliphatic heterocycles. The minimum Gasteiger partial charge on any atom is -0.306 e. The number of halogens is 3. The van der Waals surface area contributed by atoms with E-state index in [1.165, 1.54) is 12.3 Å². The van der Waals surface area contributed by atoms with Crippen molar-refractivity contribution in [2.75, 3.05) is 4.72 Å². The van der Waals surface area contributed by atoms with Crippen molar-refractivity contribution in [1.82, 2.24) is 10.4 Å². The van der Waals surface area contributed by atoms with E-state index in [0.29, 0.717) is 23.1 Å². The van der Waals surface area contributed by atoms with Gasteiger partial charge in [-0.15, -0.1) is 0 Å². The van der Waals surface area contributed by atoms with E-state index in [9.17, 15) is 21.6 Å². The van der Waals surface area contributed by atoms with E-state index in [4.69, 9.17) is 0 Å². The molecule has 0 saturated heterocycles. The predicted octanol–water partition coefficient (Wildman–Crippen LogP) is 5.18. The summed E-state index contributed by atoms with van der Waals surface area (Å²) in [4.78, 5) is 4.19. The molecule has 174 valence electrons. The van der Waals surface area contributed by atoms with Gasteiger partial charge in [-0.05, 0) is 42.0 Å². The first-order valence-electron chi connectivity index (χ1n) is 10.1. The summed E-state index contributed by atoms with van der Waals surface area (Å²) >= 11 is 0. The summed E-state index contributed by atoms with van der Waals surface area (Å²) in [6.07, 6.45) is -3.04. The maximum absolute atomic E-state index is 12.8. The average molecular weight is 485 g/mol. The second-order valence-corrected chi connectivity index (χ2v) is 9.00. The molecule has 4 aromatic rings. The minimum absolute atomic E-state index is 0.199. The Kier molecular flexibility index (Phi) is 6.51. The SMILES string of the molecule is O=S(=O)(Nc1cccc2ccc(/C=N/NCc3ccccc3)nc12)c1ccc(C(F)(F)F)cc1. The zero-order valence-corrected chi connectivity index (χ0v) is 18.4. The molecule has 10 heteroatoms. The van der Waals surface area contributed by atoms with Crippen LogP contribution in [0, 0.1) is 0 Å². The Morgan fingerprint density at radius 1 is 0.882 bits per heavy atom. The van der Waals surface area contributed by atoms with Gasteiger partial charge in [0.1, 0.15) is 0 Å². The number of aromatic nitrogens is 1. The van der Waals surface area contributed by atoms with Gasteiger partial charge in [0.15, 0.2) is 0 Å². The van der Waals surface area contributed by atoms with Crippen molar-refractivity contribution >= 4 is 32.8 Å². The van der Waals surface area contributed by atoms with Crippen LogP contribution < -0.4 is 10.1 Å². The van der Waals surface area contributed by atoms with E-state index in [-0.39, 0.29) is 10.6 Å². The molecule has 0 bridgehead atoms. The third kappa shape index (κ3) is 5.52. The summed E-state index contributed by atoms with van der Waals surface area (Å²) in [6, 6.07) is 21.5. The zero-order valence-electron chi connectivity index (χ0n) is 17.6. The van der Waals surface area contributed by atoms with Crippen LogP contribution in [0.1, 0.15) is 16.8 Å². The van der Waals surface area contributed by atoms with E-state index in [0.717, 1.165) is 29.8 Å². The summed E-state index contributed by atoms with van der Waals surface area (Å²) in [5, 5.41) is 4.84. The van der Waals surface area contributed by atoms with Crippen molar-refractivity contribution in [3.05, 3.63) is 102 Å². The number of nitrogens with zero attached hydrogens (tertiary/aromatic N) is 2. The number of pyridine rings is 1.